The third-order valence-corrected chi connectivity index (χ3v) is 5.23. The summed E-state index contributed by atoms with van der Waals surface area (Å²) in [6.07, 6.45) is 5.92. The lowest BCUT2D eigenvalue weighted by Crippen LogP contribution is -2.50. The van der Waals surface area contributed by atoms with Crippen molar-refractivity contribution in [2.75, 3.05) is 19.6 Å². The van der Waals surface area contributed by atoms with Crippen molar-refractivity contribution in [2.24, 2.45) is 11.3 Å². The minimum Gasteiger partial charge on any atom is -0.444 e. The fraction of sp³-hybridized carbons (Fsp3) is 0.944. The van der Waals surface area contributed by atoms with Gasteiger partial charge in [-0.3, -0.25) is 0 Å². The number of nitrogens with one attached hydrogen (secondary N) is 1. The molecule has 1 amide bonds. The SMILES string of the molecule is CC(C)C1(CNCC2CCCCN2C(=O)OC(C)(C)C)CC1. The molecule has 1 heterocycles. The van der Waals surface area contributed by atoms with Crippen molar-refractivity contribution in [3.8, 4) is 0 Å². The molecule has 4 nitrogen and oxygen atoms in total. The van der Waals surface area contributed by atoms with Gasteiger partial charge in [0.2, 0.25) is 0 Å². The Morgan fingerprint density at radius 3 is 2.55 bits per heavy atom. The molecule has 1 atom stereocenters. The van der Waals surface area contributed by atoms with Gasteiger partial charge >= 0.3 is 6.09 Å². The summed E-state index contributed by atoms with van der Waals surface area (Å²) in [7, 11) is 0. The first-order valence-electron chi connectivity index (χ1n) is 8.94. The molecule has 22 heavy (non-hydrogen) atoms. The van der Waals surface area contributed by atoms with E-state index in [1.807, 2.05) is 25.7 Å². The number of carbonyl (C=O) groups is 1. The maximum absolute atomic E-state index is 12.4. The molecular formula is C18H34N2O2. The molecule has 128 valence electrons. The van der Waals surface area contributed by atoms with Gasteiger partial charge in [-0.15, -0.1) is 0 Å². The van der Waals surface area contributed by atoms with Crippen LogP contribution in [0.1, 0.15) is 66.7 Å². The first-order valence-corrected chi connectivity index (χ1v) is 8.94. The van der Waals surface area contributed by atoms with E-state index in [4.69, 9.17) is 4.74 Å². The molecule has 1 saturated carbocycles. The lowest BCUT2D eigenvalue weighted by Gasteiger charge is -2.37. The number of piperidine rings is 1. The Hall–Kier alpha value is -0.770. The van der Waals surface area contributed by atoms with E-state index < -0.39 is 5.60 Å². The molecule has 0 radical (unpaired) electrons. The third kappa shape index (κ3) is 4.61. The Morgan fingerprint density at radius 2 is 2.00 bits per heavy atom. The summed E-state index contributed by atoms with van der Waals surface area (Å²) in [5.74, 6) is 0.744. The first-order chi connectivity index (χ1) is 10.2. The van der Waals surface area contributed by atoms with Crippen LogP contribution in [-0.2, 0) is 4.74 Å². The number of hydrogen-bond acceptors (Lipinski definition) is 3. The third-order valence-electron chi connectivity index (χ3n) is 5.23. The molecule has 0 aromatic heterocycles. The van der Waals surface area contributed by atoms with E-state index in [0.717, 1.165) is 38.4 Å². The average molecular weight is 310 g/mol. The highest BCUT2D eigenvalue weighted by molar-refractivity contribution is 5.68. The smallest absolute Gasteiger partial charge is 0.410 e. The van der Waals surface area contributed by atoms with Crippen LogP contribution in [0.2, 0.25) is 0 Å². The molecule has 1 saturated heterocycles. The van der Waals surface area contributed by atoms with E-state index in [9.17, 15) is 4.79 Å². The van der Waals surface area contributed by atoms with Gasteiger partial charge < -0.3 is 15.0 Å². The number of nitrogens with zero attached hydrogens (tertiary/aromatic N) is 1. The predicted molar refractivity (Wildman–Crippen MR) is 90.0 cm³/mol. The molecule has 1 aliphatic heterocycles. The minimum atomic E-state index is -0.414. The first kappa shape index (κ1) is 17.6. The standard InChI is InChI=1S/C18H34N2O2/c1-14(2)18(9-10-18)13-19-12-15-8-6-7-11-20(15)16(21)22-17(3,4)5/h14-15,19H,6-13H2,1-5H3. The zero-order chi connectivity index (χ0) is 16.4. The Balaban J connectivity index is 1.83. The largest absolute Gasteiger partial charge is 0.444 e. The van der Waals surface area contributed by atoms with E-state index in [-0.39, 0.29) is 12.1 Å². The second-order valence-electron chi connectivity index (χ2n) is 8.47. The summed E-state index contributed by atoms with van der Waals surface area (Å²) in [6, 6.07) is 0.284. The second-order valence-corrected chi connectivity index (χ2v) is 8.47. The summed E-state index contributed by atoms with van der Waals surface area (Å²) in [5, 5.41) is 3.64. The Labute approximate surface area is 136 Å². The molecule has 1 aliphatic carbocycles. The molecule has 2 fully saturated rings. The van der Waals surface area contributed by atoms with Crippen LogP contribution in [0.4, 0.5) is 4.79 Å². The van der Waals surface area contributed by atoms with Crippen LogP contribution < -0.4 is 5.32 Å². The lowest BCUT2D eigenvalue weighted by molar-refractivity contribution is 0.00979. The average Bonchev–Trinajstić information content (AvgIpc) is 3.18. The van der Waals surface area contributed by atoms with Gasteiger partial charge in [0.15, 0.2) is 0 Å². The quantitative estimate of drug-likeness (QED) is 0.839. The molecule has 2 rings (SSSR count). The molecule has 0 bridgehead atoms. The van der Waals surface area contributed by atoms with Gasteiger partial charge in [-0.2, -0.15) is 0 Å². The maximum Gasteiger partial charge on any atom is 0.410 e. The van der Waals surface area contributed by atoms with Crippen LogP contribution in [0.15, 0.2) is 0 Å². The fourth-order valence-electron chi connectivity index (χ4n) is 3.38. The van der Waals surface area contributed by atoms with E-state index in [2.05, 4.69) is 19.2 Å². The number of carbonyl (C=O) groups excluding carboxylic acids is 1. The van der Waals surface area contributed by atoms with Gasteiger partial charge in [0.1, 0.15) is 5.60 Å². The van der Waals surface area contributed by atoms with E-state index in [1.165, 1.54) is 19.3 Å². The topological polar surface area (TPSA) is 41.6 Å². The zero-order valence-electron chi connectivity index (χ0n) is 15.1. The molecule has 1 unspecified atom stereocenters. The Bertz CT molecular complexity index is 383. The minimum absolute atomic E-state index is 0.149. The van der Waals surface area contributed by atoms with E-state index in [0.29, 0.717) is 5.41 Å². The van der Waals surface area contributed by atoms with Crippen molar-refractivity contribution in [3.63, 3.8) is 0 Å². The highest BCUT2D eigenvalue weighted by Crippen LogP contribution is 2.51. The van der Waals surface area contributed by atoms with Crippen molar-refractivity contribution >= 4 is 6.09 Å². The van der Waals surface area contributed by atoms with Crippen molar-refractivity contribution in [3.05, 3.63) is 0 Å². The molecule has 2 aliphatic rings. The van der Waals surface area contributed by atoms with Gasteiger partial charge in [0.05, 0.1) is 0 Å². The maximum atomic E-state index is 12.4. The van der Waals surface area contributed by atoms with E-state index >= 15 is 0 Å². The normalized spacial score (nSPS) is 24.5. The number of rotatable bonds is 5. The number of ether oxygens (including phenoxy) is 1. The lowest BCUT2D eigenvalue weighted by atomic mass is 9.92. The van der Waals surface area contributed by atoms with Gasteiger partial charge in [-0.25, -0.2) is 4.79 Å². The fourth-order valence-corrected chi connectivity index (χ4v) is 3.38. The summed E-state index contributed by atoms with van der Waals surface area (Å²) >= 11 is 0. The number of hydrogen-bond donors (Lipinski definition) is 1. The number of amides is 1. The predicted octanol–water partition coefficient (Wildman–Crippen LogP) is 3.80. The number of likely N-dealkylation sites (tertiary alicyclic amines) is 1. The Kier molecular flexibility index (Phi) is 5.41. The van der Waals surface area contributed by atoms with E-state index in [1.54, 1.807) is 0 Å². The van der Waals surface area contributed by atoms with Crippen LogP contribution in [-0.4, -0.2) is 42.3 Å². The van der Waals surface area contributed by atoms with Gasteiger partial charge in [0.25, 0.3) is 0 Å². The van der Waals surface area contributed by atoms with Crippen LogP contribution >= 0.6 is 0 Å². The molecule has 0 aromatic carbocycles. The highest BCUT2D eigenvalue weighted by atomic mass is 16.6. The molecule has 0 aromatic rings. The summed E-state index contributed by atoms with van der Waals surface area (Å²) in [4.78, 5) is 14.3. The molecule has 4 heteroatoms. The zero-order valence-corrected chi connectivity index (χ0v) is 15.1. The van der Waals surface area contributed by atoms with Crippen molar-refractivity contribution in [2.45, 2.75) is 78.4 Å². The van der Waals surface area contributed by atoms with Crippen LogP contribution in [0.5, 0.6) is 0 Å². The monoisotopic (exact) mass is 310 g/mol. The van der Waals surface area contributed by atoms with Crippen LogP contribution in [0, 0.1) is 11.3 Å². The van der Waals surface area contributed by atoms with Gasteiger partial charge in [-0.05, 0) is 64.2 Å². The van der Waals surface area contributed by atoms with Gasteiger partial charge in [0, 0.05) is 25.7 Å². The molecular weight excluding hydrogens is 276 g/mol. The van der Waals surface area contributed by atoms with Crippen molar-refractivity contribution < 1.29 is 9.53 Å². The molecule has 0 spiro atoms. The highest BCUT2D eigenvalue weighted by Gasteiger charge is 2.44. The summed E-state index contributed by atoms with van der Waals surface area (Å²) in [5.41, 5.74) is 0.105. The van der Waals surface area contributed by atoms with Gasteiger partial charge in [-0.1, -0.05) is 13.8 Å². The van der Waals surface area contributed by atoms with Crippen molar-refractivity contribution in [1.82, 2.24) is 10.2 Å². The summed E-state index contributed by atoms with van der Waals surface area (Å²) in [6.45, 7) is 13.3. The molecule has 1 N–H and O–H groups in total. The second kappa shape index (κ2) is 6.77. The Morgan fingerprint density at radius 1 is 1.32 bits per heavy atom. The van der Waals surface area contributed by atoms with Crippen LogP contribution in [0.25, 0.3) is 0 Å². The van der Waals surface area contributed by atoms with Crippen molar-refractivity contribution in [1.29, 1.82) is 0 Å². The summed E-state index contributed by atoms with van der Waals surface area (Å²) < 4.78 is 5.56. The van der Waals surface area contributed by atoms with Crippen LogP contribution in [0.3, 0.4) is 0 Å².